The lowest BCUT2D eigenvalue weighted by atomic mass is 10.2. The van der Waals surface area contributed by atoms with Crippen molar-refractivity contribution < 1.29 is 9.53 Å². The average molecular weight is 269 g/mol. The normalized spacial score (nSPS) is 16.2. The molecule has 1 aliphatic heterocycles. The Morgan fingerprint density at radius 2 is 2.06 bits per heavy atom. The van der Waals surface area contributed by atoms with Gasteiger partial charge in [0.15, 0.2) is 17.5 Å². The monoisotopic (exact) mass is 268 g/mol. The molecule has 1 saturated heterocycles. The van der Waals surface area contributed by atoms with Crippen molar-refractivity contribution in [2.24, 2.45) is 0 Å². The zero-order valence-electron chi connectivity index (χ0n) is 10.3. The summed E-state index contributed by atoms with van der Waals surface area (Å²) >= 11 is 5.86. The summed E-state index contributed by atoms with van der Waals surface area (Å²) < 4.78 is 5.41. The van der Waals surface area contributed by atoms with Gasteiger partial charge in [-0.15, -0.1) is 0 Å². The molecule has 18 heavy (non-hydrogen) atoms. The maximum absolute atomic E-state index is 12.0. The molecule has 0 saturated carbocycles. The summed E-state index contributed by atoms with van der Waals surface area (Å²) in [6.45, 7) is 1.71. The predicted molar refractivity (Wildman–Crippen MR) is 69.8 cm³/mol. The van der Waals surface area contributed by atoms with E-state index in [9.17, 15) is 4.79 Å². The summed E-state index contributed by atoms with van der Waals surface area (Å²) in [5, 5.41) is 0.293. The number of rotatable bonds is 3. The molecule has 0 atom stereocenters. The van der Waals surface area contributed by atoms with Gasteiger partial charge in [0.05, 0.1) is 0 Å². The van der Waals surface area contributed by atoms with E-state index in [0.717, 1.165) is 25.9 Å². The van der Waals surface area contributed by atoms with E-state index in [1.807, 2.05) is 4.90 Å². The van der Waals surface area contributed by atoms with Crippen molar-refractivity contribution in [2.75, 3.05) is 19.7 Å². The molecule has 1 aromatic rings. The van der Waals surface area contributed by atoms with Crippen LogP contribution in [0.5, 0.6) is 5.75 Å². The fourth-order valence-electron chi connectivity index (χ4n) is 2.03. The van der Waals surface area contributed by atoms with Gasteiger partial charge in [-0.3, -0.25) is 4.79 Å². The van der Waals surface area contributed by atoms with Crippen LogP contribution >= 0.6 is 11.6 Å². The molecule has 0 radical (unpaired) electrons. The van der Waals surface area contributed by atoms with Crippen LogP contribution in [0.3, 0.4) is 0 Å². The third kappa shape index (κ3) is 3.60. The molecule has 1 amide bonds. The molecule has 4 nitrogen and oxygen atoms in total. The number of carbonyl (C=O) groups is 1. The Bertz CT molecular complexity index is 404. The number of carbonyl (C=O) groups excluding carboxylic acids is 1. The molecular weight excluding hydrogens is 252 g/mol. The van der Waals surface area contributed by atoms with Crippen molar-refractivity contribution >= 4 is 17.5 Å². The average Bonchev–Trinajstić information content (AvgIpc) is 2.66. The minimum absolute atomic E-state index is 0.0248. The summed E-state index contributed by atoms with van der Waals surface area (Å²) in [7, 11) is 0. The molecule has 2 rings (SSSR count). The predicted octanol–water partition coefficient (Wildman–Crippen LogP) is 2.52. The summed E-state index contributed by atoms with van der Waals surface area (Å²) in [6, 6.07) is 3.45. The number of pyridine rings is 1. The minimum atomic E-state index is 0.0248. The first kappa shape index (κ1) is 13.1. The van der Waals surface area contributed by atoms with Gasteiger partial charge in [0.1, 0.15) is 0 Å². The molecule has 0 spiro atoms. The van der Waals surface area contributed by atoms with Gasteiger partial charge in [0.25, 0.3) is 5.91 Å². The Hall–Kier alpha value is -1.29. The lowest BCUT2D eigenvalue weighted by molar-refractivity contribution is -0.133. The van der Waals surface area contributed by atoms with Crippen LogP contribution in [0.4, 0.5) is 0 Å². The first-order chi connectivity index (χ1) is 8.77. The van der Waals surface area contributed by atoms with Gasteiger partial charge in [-0.25, -0.2) is 4.98 Å². The number of aromatic nitrogens is 1. The number of hydrogen-bond donors (Lipinski definition) is 0. The quantitative estimate of drug-likeness (QED) is 0.791. The summed E-state index contributed by atoms with van der Waals surface area (Å²) in [6.07, 6.45) is 6.17. The van der Waals surface area contributed by atoms with Crippen molar-refractivity contribution in [3.8, 4) is 5.75 Å². The number of amides is 1. The Morgan fingerprint density at radius 3 is 2.72 bits per heavy atom. The van der Waals surface area contributed by atoms with E-state index in [4.69, 9.17) is 16.3 Å². The Kier molecular flexibility index (Phi) is 4.81. The smallest absolute Gasteiger partial charge is 0.260 e. The Morgan fingerprint density at radius 1 is 1.33 bits per heavy atom. The lowest BCUT2D eigenvalue weighted by Gasteiger charge is -2.20. The third-order valence-corrected chi connectivity index (χ3v) is 3.32. The summed E-state index contributed by atoms with van der Waals surface area (Å²) in [4.78, 5) is 17.7. The topological polar surface area (TPSA) is 42.4 Å². The van der Waals surface area contributed by atoms with Crippen molar-refractivity contribution in [1.82, 2.24) is 9.88 Å². The van der Waals surface area contributed by atoms with E-state index in [0.29, 0.717) is 10.9 Å². The van der Waals surface area contributed by atoms with Gasteiger partial charge in [-0.2, -0.15) is 0 Å². The zero-order chi connectivity index (χ0) is 12.8. The van der Waals surface area contributed by atoms with Gasteiger partial charge in [0.2, 0.25) is 0 Å². The summed E-state index contributed by atoms with van der Waals surface area (Å²) in [5.74, 6) is 0.485. The number of ether oxygens (including phenoxy) is 1. The SMILES string of the molecule is O=C(COc1cccnc1Cl)N1CCCCCC1. The van der Waals surface area contributed by atoms with E-state index in [2.05, 4.69) is 4.98 Å². The van der Waals surface area contributed by atoms with Crippen LogP contribution in [-0.4, -0.2) is 35.5 Å². The van der Waals surface area contributed by atoms with Crippen LogP contribution in [-0.2, 0) is 4.79 Å². The largest absolute Gasteiger partial charge is 0.481 e. The van der Waals surface area contributed by atoms with E-state index >= 15 is 0 Å². The standard InChI is InChI=1S/C13H17ClN2O2/c14-13-11(6-5-7-15-13)18-10-12(17)16-8-3-1-2-4-9-16/h5-7H,1-4,8-10H2. The molecule has 0 aliphatic carbocycles. The second-order valence-corrected chi connectivity index (χ2v) is 4.73. The third-order valence-electron chi connectivity index (χ3n) is 3.03. The van der Waals surface area contributed by atoms with Crippen LogP contribution in [0.2, 0.25) is 5.15 Å². The molecule has 1 aromatic heterocycles. The second-order valence-electron chi connectivity index (χ2n) is 4.38. The number of hydrogen-bond acceptors (Lipinski definition) is 3. The van der Waals surface area contributed by atoms with Gasteiger partial charge >= 0.3 is 0 Å². The van der Waals surface area contributed by atoms with E-state index in [1.54, 1.807) is 18.3 Å². The molecule has 2 heterocycles. The molecule has 5 heteroatoms. The van der Waals surface area contributed by atoms with Crippen molar-refractivity contribution in [3.05, 3.63) is 23.5 Å². The van der Waals surface area contributed by atoms with Gasteiger partial charge < -0.3 is 9.64 Å². The Labute approximate surface area is 112 Å². The highest BCUT2D eigenvalue weighted by Crippen LogP contribution is 2.20. The van der Waals surface area contributed by atoms with Gasteiger partial charge in [-0.05, 0) is 25.0 Å². The number of halogens is 1. The molecule has 1 aliphatic rings. The van der Waals surface area contributed by atoms with E-state index in [-0.39, 0.29) is 12.5 Å². The molecular formula is C13H17ClN2O2. The van der Waals surface area contributed by atoms with E-state index in [1.165, 1.54) is 12.8 Å². The second kappa shape index (κ2) is 6.59. The molecule has 0 N–H and O–H groups in total. The van der Waals surface area contributed by atoms with Gasteiger partial charge in [0, 0.05) is 19.3 Å². The lowest BCUT2D eigenvalue weighted by Crippen LogP contribution is -2.35. The van der Waals surface area contributed by atoms with Crippen LogP contribution < -0.4 is 4.74 Å². The number of likely N-dealkylation sites (tertiary alicyclic amines) is 1. The highest BCUT2D eigenvalue weighted by atomic mass is 35.5. The summed E-state index contributed by atoms with van der Waals surface area (Å²) in [5.41, 5.74) is 0. The molecule has 0 aromatic carbocycles. The first-order valence-electron chi connectivity index (χ1n) is 6.28. The minimum Gasteiger partial charge on any atom is -0.481 e. The fraction of sp³-hybridized carbons (Fsp3) is 0.538. The molecule has 0 bridgehead atoms. The van der Waals surface area contributed by atoms with Crippen LogP contribution in [0.1, 0.15) is 25.7 Å². The zero-order valence-corrected chi connectivity index (χ0v) is 11.0. The van der Waals surface area contributed by atoms with E-state index < -0.39 is 0 Å². The molecule has 0 unspecified atom stereocenters. The van der Waals surface area contributed by atoms with Crippen LogP contribution in [0, 0.1) is 0 Å². The Balaban J connectivity index is 1.86. The van der Waals surface area contributed by atoms with Crippen molar-refractivity contribution in [3.63, 3.8) is 0 Å². The van der Waals surface area contributed by atoms with Crippen LogP contribution in [0.15, 0.2) is 18.3 Å². The molecule has 1 fully saturated rings. The first-order valence-corrected chi connectivity index (χ1v) is 6.66. The maximum atomic E-state index is 12.0. The molecule has 98 valence electrons. The highest BCUT2D eigenvalue weighted by Gasteiger charge is 2.16. The van der Waals surface area contributed by atoms with Crippen LogP contribution in [0.25, 0.3) is 0 Å². The van der Waals surface area contributed by atoms with Gasteiger partial charge in [-0.1, -0.05) is 24.4 Å². The fourth-order valence-corrected chi connectivity index (χ4v) is 2.20. The van der Waals surface area contributed by atoms with Crippen molar-refractivity contribution in [1.29, 1.82) is 0 Å². The number of nitrogens with zero attached hydrogens (tertiary/aromatic N) is 2. The maximum Gasteiger partial charge on any atom is 0.260 e. The highest BCUT2D eigenvalue weighted by molar-refractivity contribution is 6.30. The van der Waals surface area contributed by atoms with Crippen molar-refractivity contribution in [2.45, 2.75) is 25.7 Å².